The van der Waals surface area contributed by atoms with Gasteiger partial charge in [0.1, 0.15) is 12.9 Å². The number of hydrogen-bond donors (Lipinski definition) is 2. The number of hydrogen-bond acceptors (Lipinski definition) is 6. The molecule has 20 heavy (non-hydrogen) atoms. The number of rotatable bonds is 8. The van der Waals surface area contributed by atoms with Gasteiger partial charge in [-0.15, -0.1) is 0 Å². The zero-order valence-electron chi connectivity index (χ0n) is 12.0. The summed E-state index contributed by atoms with van der Waals surface area (Å²) in [5, 5.41) is 9.80. The maximum Gasteiger partial charge on any atom is 0.223 e. The molecule has 7 nitrogen and oxygen atoms in total. The molecule has 0 aliphatic heterocycles. The van der Waals surface area contributed by atoms with E-state index in [0.29, 0.717) is 17.8 Å². The van der Waals surface area contributed by atoms with Gasteiger partial charge in [0.25, 0.3) is 0 Å². The summed E-state index contributed by atoms with van der Waals surface area (Å²) in [6.45, 7) is 3.68. The summed E-state index contributed by atoms with van der Waals surface area (Å²) >= 11 is 0. The Morgan fingerprint density at radius 3 is 2.65 bits per heavy atom. The third kappa shape index (κ3) is 4.84. The van der Waals surface area contributed by atoms with E-state index in [2.05, 4.69) is 9.97 Å². The van der Waals surface area contributed by atoms with Gasteiger partial charge in [-0.3, -0.25) is 14.8 Å². The number of aromatic nitrogens is 2. The smallest absolute Gasteiger partial charge is 0.223 e. The third-order valence-electron chi connectivity index (χ3n) is 2.83. The van der Waals surface area contributed by atoms with E-state index in [1.165, 1.54) is 19.5 Å². The molecular weight excluding hydrogens is 262 g/mol. The minimum Gasteiger partial charge on any atom is -0.384 e. The lowest BCUT2D eigenvalue weighted by atomic mass is 9.87. The van der Waals surface area contributed by atoms with E-state index < -0.39 is 17.4 Å². The van der Waals surface area contributed by atoms with E-state index in [1.54, 1.807) is 13.8 Å². The fraction of sp³-hybridized carbons (Fsp3) is 0.615. The molecule has 0 unspecified atom stereocenters. The predicted molar refractivity (Wildman–Crippen MR) is 71.5 cm³/mol. The van der Waals surface area contributed by atoms with Crippen LogP contribution < -0.4 is 5.73 Å². The van der Waals surface area contributed by atoms with Crippen molar-refractivity contribution in [3.05, 3.63) is 23.8 Å². The van der Waals surface area contributed by atoms with E-state index >= 15 is 0 Å². The van der Waals surface area contributed by atoms with Crippen molar-refractivity contribution < 1.29 is 19.4 Å². The summed E-state index contributed by atoms with van der Waals surface area (Å²) in [5.41, 5.74) is 5.67. The molecule has 1 heterocycles. The van der Waals surface area contributed by atoms with Gasteiger partial charge in [-0.1, -0.05) is 13.8 Å². The van der Waals surface area contributed by atoms with E-state index in [0.717, 1.165) is 0 Å². The van der Waals surface area contributed by atoms with Crippen molar-refractivity contribution in [3.63, 3.8) is 0 Å². The average Bonchev–Trinajstić information content (AvgIpc) is 2.39. The van der Waals surface area contributed by atoms with Crippen molar-refractivity contribution in [2.24, 2.45) is 11.1 Å². The SMILES string of the molecule is COCOC[C@@H](O)c1cnc(CC(C)(C)C(N)=O)cn1. The highest BCUT2D eigenvalue weighted by molar-refractivity contribution is 5.80. The first-order valence-corrected chi connectivity index (χ1v) is 6.22. The van der Waals surface area contributed by atoms with Crippen LogP contribution in [0.2, 0.25) is 0 Å². The largest absolute Gasteiger partial charge is 0.384 e. The van der Waals surface area contributed by atoms with Crippen molar-refractivity contribution in [2.75, 3.05) is 20.5 Å². The van der Waals surface area contributed by atoms with Crippen LogP contribution in [-0.4, -0.2) is 41.5 Å². The molecule has 0 aliphatic rings. The number of methoxy groups -OCH3 is 1. The van der Waals surface area contributed by atoms with Gasteiger partial charge in [0.2, 0.25) is 5.91 Å². The molecule has 0 radical (unpaired) electrons. The predicted octanol–water partition coefficient (Wildman–Crippen LogP) is 0.185. The van der Waals surface area contributed by atoms with Crippen LogP contribution in [0.5, 0.6) is 0 Å². The lowest BCUT2D eigenvalue weighted by Gasteiger charge is -2.19. The first-order chi connectivity index (χ1) is 9.36. The van der Waals surface area contributed by atoms with Gasteiger partial charge < -0.3 is 20.3 Å². The highest BCUT2D eigenvalue weighted by Gasteiger charge is 2.26. The molecule has 7 heteroatoms. The van der Waals surface area contributed by atoms with E-state index in [9.17, 15) is 9.90 Å². The molecule has 0 fully saturated rings. The number of nitrogens with zero attached hydrogens (tertiary/aromatic N) is 2. The summed E-state index contributed by atoms with van der Waals surface area (Å²) in [5.74, 6) is -0.392. The van der Waals surface area contributed by atoms with Gasteiger partial charge >= 0.3 is 0 Å². The summed E-state index contributed by atoms with van der Waals surface area (Å²) in [6.07, 6.45) is 2.52. The number of carbonyl (C=O) groups excluding carboxylic acids is 1. The molecule has 1 rings (SSSR count). The van der Waals surface area contributed by atoms with E-state index in [1.807, 2.05) is 0 Å². The number of aliphatic hydroxyl groups excluding tert-OH is 1. The molecular formula is C13H21N3O4. The number of carbonyl (C=O) groups is 1. The Labute approximate surface area is 118 Å². The van der Waals surface area contributed by atoms with Gasteiger partial charge in [0, 0.05) is 25.1 Å². The minimum absolute atomic E-state index is 0.0780. The van der Waals surface area contributed by atoms with Crippen LogP contribution in [0.25, 0.3) is 0 Å². The Hall–Kier alpha value is -1.57. The van der Waals surface area contributed by atoms with Crippen molar-refractivity contribution in [3.8, 4) is 0 Å². The Kier molecular flexibility index (Phi) is 6.00. The molecule has 1 atom stereocenters. The molecule has 1 aromatic rings. The Morgan fingerprint density at radius 2 is 2.15 bits per heavy atom. The fourth-order valence-electron chi connectivity index (χ4n) is 1.50. The Morgan fingerprint density at radius 1 is 1.45 bits per heavy atom. The zero-order valence-corrected chi connectivity index (χ0v) is 12.0. The lowest BCUT2D eigenvalue weighted by molar-refractivity contribution is -0.125. The first kappa shape index (κ1) is 16.5. The Balaban J connectivity index is 2.62. The van der Waals surface area contributed by atoms with Crippen molar-refractivity contribution in [2.45, 2.75) is 26.4 Å². The summed E-state index contributed by atoms with van der Waals surface area (Å²) in [4.78, 5) is 19.5. The molecule has 0 saturated carbocycles. The maximum absolute atomic E-state index is 11.3. The quantitative estimate of drug-likeness (QED) is 0.520. The normalized spacial score (nSPS) is 13.2. The topological polar surface area (TPSA) is 108 Å². The number of nitrogens with two attached hydrogens (primary N) is 1. The Bertz CT molecular complexity index is 434. The molecule has 0 bridgehead atoms. The maximum atomic E-state index is 11.3. The standard InChI is InChI=1S/C13H21N3O4/c1-13(2,12(14)18)4-9-5-16-10(6-15-9)11(17)7-20-8-19-3/h5-6,11,17H,4,7-8H2,1-3H3,(H2,14,18)/t11-/m1/s1. The summed E-state index contributed by atoms with van der Waals surface area (Å²) in [7, 11) is 1.50. The average molecular weight is 283 g/mol. The van der Waals surface area contributed by atoms with Crippen LogP contribution in [0.3, 0.4) is 0 Å². The molecule has 112 valence electrons. The highest BCUT2D eigenvalue weighted by atomic mass is 16.7. The lowest BCUT2D eigenvalue weighted by Crippen LogP contribution is -2.33. The van der Waals surface area contributed by atoms with Crippen molar-refractivity contribution in [1.82, 2.24) is 9.97 Å². The summed E-state index contributed by atoms with van der Waals surface area (Å²) in [6, 6.07) is 0. The van der Waals surface area contributed by atoms with E-state index in [4.69, 9.17) is 15.2 Å². The molecule has 0 aromatic carbocycles. The number of amides is 1. The van der Waals surface area contributed by atoms with Crippen LogP contribution >= 0.6 is 0 Å². The number of aliphatic hydroxyl groups is 1. The molecule has 0 saturated heterocycles. The molecule has 0 aliphatic carbocycles. The molecule has 1 aromatic heterocycles. The summed E-state index contributed by atoms with van der Waals surface area (Å²) < 4.78 is 9.75. The van der Waals surface area contributed by atoms with Crippen molar-refractivity contribution >= 4 is 5.91 Å². The number of ether oxygens (including phenoxy) is 2. The van der Waals surface area contributed by atoms with Crippen LogP contribution in [0, 0.1) is 5.41 Å². The van der Waals surface area contributed by atoms with Crippen LogP contribution in [-0.2, 0) is 20.7 Å². The van der Waals surface area contributed by atoms with Crippen LogP contribution in [0.1, 0.15) is 31.3 Å². The second-order valence-electron chi connectivity index (χ2n) is 5.15. The molecule has 0 spiro atoms. The molecule has 1 amide bonds. The first-order valence-electron chi connectivity index (χ1n) is 6.22. The zero-order chi connectivity index (χ0) is 15.2. The second-order valence-corrected chi connectivity index (χ2v) is 5.15. The van der Waals surface area contributed by atoms with Gasteiger partial charge in [0.15, 0.2) is 0 Å². The fourth-order valence-corrected chi connectivity index (χ4v) is 1.50. The third-order valence-corrected chi connectivity index (χ3v) is 2.83. The van der Waals surface area contributed by atoms with E-state index in [-0.39, 0.29) is 13.4 Å². The monoisotopic (exact) mass is 283 g/mol. The minimum atomic E-state index is -0.865. The van der Waals surface area contributed by atoms with Gasteiger partial charge in [-0.25, -0.2) is 0 Å². The van der Waals surface area contributed by atoms with Gasteiger partial charge in [0.05, 0.1) is 24.2 Å². The second kappa shape index (κ2) is 7.28. The van der Waals surface area contributed by atoms with Crippen LogP contribution in [0.4, 0.5) is 0 Å². The number of primary amides is 1. The molecule has 3 N–H and O–H groups in total. The van der Waals surface area contributed by atoms with Crippen molar-refractivity contribution in [1.29, 1.82) is 0 Å². The van der Waals surface area contributed by atoms with Gasteiger partial charge in [-0.2, -0.15) is 0 Å². The van der Waals surface area contributed by atoms with Crippen LogP contribution in [0.15, 0.2) is 12.4 Å². The highest BCUT2D eigenvalue weighted by Crippen LogP contribution is 2.20. The van der Waals surface area contributed by atoms with Gasteiger partial charge in [-0.05, 0) is 0 Å².